The first-order valence-electron chi connectivity index (χ1n) is 11.2. The Morgan fingerprint density at radius 3 is 2.11 bits per heavy atom. The molecule has 0 bridgehead atoms. The van der Waals surface area contributed by atoms with Crippen LogP contribution in [0.2, 0.25) is 0 Å². The number of benzene rings is 2. The molecule has 5 rings (SSSR count). The standard InChI is InChI=1S/C28H21FN4O3/c29-23-12-10-20(11-13-23)26(28(35,21-8-4-14-30-17-21)22-9-5-15-31-18-22)32-27(34)24-16-25(36-33-24)19-6-2-1-3-7-19/h1-18,26,35H,(H,32,34)/t26-/m1/s1. The van der Waals surface area contributed by atoms with Crippen LogP contribution in [0.1, 0.15) is 33.2 Å². The molecule has 3 aromatic heterocycles. The van der Waals surface area contributed by atoms with Crippen molar-refractivity contribution in [2.45, 2.75) is 11.6 Å². The summed E-state index contributed by atoms with van der Waals surface area (Å²) in [5.74, 6) is -0.602. The van der Waals surface area contributed by atoms with Gasteiger partial charge in [0.2, 0.25) is 0 Å². The van der Waals surface area contributed by atoms with Crippen LogP contribution in [-0.4, -0.2) is 26.1 Å². The van der Waals surface area contributed by atoms with Crippen molar-refractivity contribution >= 4 is 5.91 Å². The molecule has 0 saturated carbocycles. The van der Waals surface area contributed by atoms with Crippen molar-refractivity contribution in [1.29, 1.82) is 0 Å². The highest BCUT2D eigenvalue weighted by Gasteiger charge is 2.43. The van der Waals surface area contributed by atoms with Crippen LogP contribution >= 0.6 is 0 Å². The van der Waals surface area contributed by atoms with Gasteiger partial charge in [-0.25, -0.2) is 4.39 Å². The van der Waals surface area contributed by atoms with Gasteiger partial charge in [-0.15, -0.1) is 0 Å². The Morgan fingerprint density at radius 2 is 1.53 bits per heavy atom. The van der Waals surface area contributed by atoms with Crippen LogP contribution in [0.3, 0.4) is 0 Å². The molecule has 3 heterocycles. The van der Waals surface area contributed by atoms with E-state index in [1.807, 2.05) is 30.3 Å². The molecule has 0 spiro atoms. The quantitative estimate of drug-likeness (QED) is 0.351. The summed E-state index contributed by atoms with van der Waals surface area (Å²) in [6.07, 6.45) is 6.19. The second-order valence-corrected chi connectivity index (χ2v) is 8.15. The molecule has 1 amide bonds. The third-order valence-electron chi connectivity index (χ3n) is 5.90. The van der Waals surface area contributed by atoms with Crippen LogP contribution in [0.5, 0.6) is 0 Å². The summed E-state index contributed by atoms with van der Waals surface area (Å²) in [5.41, 5.74) is 0.284. The van der Waals surface area contributed by atoms with Gasteiger partial charge in [0.15, 0.2) is 11.5 Å². The second-order valence-electron chi connectivity index (χ2n) is 8.15. The van der Waals surface area contributed by atoms with E-state index in [4.69, 9.17) is 4.52 Å². The summed E-state index contributed by atoms with van der Waals surface area (Å²) in [6.45, 7) is 0. The van der Waals surface area contributed by atoms with Gasteiger partial charge < -0.3 is 14.9 Å². The maximum absolute atomic E-state index is 13.8. The van der Waals surface area contributed by atoms with Gasteiger partial charge in [0.05, 0.1) is 6.04 Å². The predicted octanol–water partition coefficient (Wildman–Crippen LogP) is 4.68. The number of amides is 1. The molecule has 178 valence electrons. The molecule has 5 aromatic rings. The summed E-state index contributed by atoms with van der Waals surface area (Å²) >= 11 is 0. The summed E-state index contributed by atoms with van der Waals surface area (Å²) in [6, 6.07) is 22.1. The smallest absolute Gasteiger partial charge is 0.274 e. The zero-order valence-electron chi connectivity index (χ0n) is 19.0. The molecule has 0 saturated heterocycles. The number of hydrogen-bond donors (Lipinski definition) is 2. The Balaban J connectivity index is 1.59. The average molecular weight is 480 g/mol. The van der Waals surface area contributed by atoms with Gasteiger partial charge in [0.1, 0.15) is 11.4 Å². The molecular formula is C28H21FN4O3. The molecule has 7 nitrogen and oxygen atoms in total. The number of carbonyl (C=O) groups is 1. The Kier molecular flexibility index (Phi) is 6.34. The van der Waals surface area contributed by atoms with E-state index in [1.54, 1.807) is 36.7 Å². The van der Waals surface area contributed by atoms with Crippen LogP contribution in [0.4, 0.5) is 4.39 Å². The molecule has 0 fully saturated rings. The molecule has 2 N–H and O–H groups in total. The summed E-state index contributed by atoms with van der Waals surface area (Å²) in [7, 11) is 0. The summed E-state index contributed by atoms with van der Waals surface area (Å²) in [4.78, 5) is 21.7. The Bertz CT molecular complexity index is 1400. The van der Waals surface area contributed by atoms with Crippen molar-refractivity contribution in [1.82, 2.24) is 20.4 Å². The van der Waals surface area contributed by atoms with E-state index in [9.17, 15) is 14.3 Å². The van der Waals surface area contributed by atoms with Gasteiger partial charge in [-0.05, 0) is 29.8 Å². The van der Waals surface area contributed by atoms with Crippen molar-refractivity contribution < 1.29 is 18.8 Å². The maximum Gasteiger partial charge on any atom is 0.274 e. The number of nitrogens with one attached hydrogen (secondary N) is 1. The number of halogens is 1. The highest BCUT2D eigenvalue weighted by Crippen LogP contribution is 2.41. The second kappa shape index (κ2) is 9.89. The highest BCUT2D eigenvalue weighted by molar-refractivity contribution is 5.93. The SMILES string of the molecule is O=C(N[C@H](c1ccc(F)cc1)C(O)(c1cccnc1)c1cccnc1)c1cc(-c2ccccc2)on1. The average Bonchev–Trinajstić information content (AvgIpc) is 3.44. The van der Waals surface area contributed by atoms with Crippen molar-refractivity contribution in [3.63, 3.8) is 0 Å². The molecule has 0 aliphatic heterocycles. The van der Waals surface area contributed by atoms with E-state index in [2.05, 4.69) is 20.4 Å². The number of nitrogens with zero attached hydrogens (tertiary/aromatic N) is 3. The molecule has 8 heteroatoms. The third-order valence-corrected chi connectivity index (χ3v) is 5.90. The first kappa shape index (κ1) is 23.1. The number of aliphatic hydroxyl groups is 1. The number of rotatable bonds is 7. The van der Waals surface area contributed by atoms with Gasteiger partial charge in [0, 0.05) is 47.5 Å². The lowest BCUT2D eigenvalue weighted by molar-refractivity contribution is 0.0329. The molecule has 36 heavy (non-hydrogen) atoms. The Labute approximate surface area is 206 Å². The lowest BCUT2D eigenvalue weighted by atomic mass is 9.78. The maximum atomic E-state index is 13.8. The third kappa shape index (κ3) is 4.49. The van der Waals surface area contributed by atoms with Gasteiger partial charge >= 0.3 is 0 Å². The lowest BCUT2D eigenvalue weighted by Gasteiger charge is -2.37. The fourth-order valence-electron chi connectivity index (χ4n) is 4.09. The first-order valence-corrected chi connectivity index (χ1v) is 11.2. The first-order chi connectivity index (χ1) is 17.6. The van der Waals surface area contributed by atoms with Crippen LogP contribution in [0.15, 0.2) is 114 Å². The topological polar surface area (TPSA) is 101 Å². The normalized spacial score (nSPS) is 12.2. The fourth-order valence-corrected chi connectivity index (χ4v) is 4.09. The molecule has 0 radical (unpaired) electrons. The van der Waals surface area contributed by atoms with E-state index >= 15 is 0 Å². The van der Waals surface area contributed by atoms with Crippen molar-refractivity contribution in [2.75, 3.05) is 0 Å². The monoisotopic (exact) mass is 480 g/mol. The molecule has 1 atom stereocenters. The van der Waals surface area contributed by atoms with Crippen LogP contribution < -0.4 is 5.32 Å². The lowest BCUT2D eigenvalue weighted by Crippen LogP contribution is -2.45. The minimum atomic E-state index is -1.80. The number of hydrogen-bond acceptors (Lipinski definition) is 6. The molecular weight excluding hydrogens is 459 g/mol. The minimum Gasteiger partial charge on any atom is -0.378 e. The summed E-state index contributed by atoms with van der Waals surface area (Å²) in [5, 5.41) is 19.1. The zero-order valence-corrected chi connectivity index (χ0v) is 19.0. The van der Waals surface area contributed by atoms with Crippen molar-refractivity contribution in [3.8, 4) is 11.3 Å². The zero-order chi connectivity index (χ0) is 25.0. The van der Waals surface area contributed by atoms with E-state index in [0.29, 0.717) is 22.5 Å². The van der Waals surface area contributed by atoms with E-state index < -0.39 is 23.4 Å². The fraction of sp³-hybridized carbons (Fsp3) is 0.0714. The molecule has 0 aliphatic rings. The van der Waals surface area contributed by atoms with Gasteiger partial charge in [-0.3, -0.25) is 14.8 Å². The van der Waals surface area contributed by atoms with Gasteiger partial charge in [-0.2, -0.15) is 0 Å². The Morgan fingerprint density at radius 1 is 0.889 bits per heavy atom. The number of aromatic nitrogens is 3. The minimum absolute atomic E-state index is 0.0284. The van der Waals surface area contributed by atoms with E-state index in [0.717, 1.165) is 5.56 Å². The van der Waals surface area contributed by atoms with Crippen molar-refractivity contribution in [3.05, 3.63) is 138 Å². The molecule has 0 aliphatic carbocycles. The summed E-state index contributed by atoms with van der Waals surface area (Å²) < 4.78 is 19.2. The van der Waals surface area contributed by atoms with Crippen molar-refractivity contribution in [2.24, 2.45) is 0 Å². The number of pyridine rings is 2. The predicted molar refractivity (Wildman–Crippen MR) is 130 cm³/mol. The van der Waals surface area contributed by atoms with E-state index in [-0.39, 0.29) is 5.69 Å². The molecule has 0 unspecified atom stereocenters. The van der Waals surface area contributed by atoms with Crippen LogP contribution in [-0.2, 0) is 5.60 Å². The van der Waals surface area contributed by atoms with E-state index in [1.165, 1.54) is 42.7 Å². The van der Waals surface area contributed by atoms with Gasteiger partial charge in [-0.1, -0.05) is 59.8 Å². The van der Waals surface area contributed by atoms with Gasteiger partial charge in [0.25, 0.3) is 5.91 Å². The highest BCUT2D eigenvalue weighted by atomic mass is 19.1. The number of carbonyl (C=O) groups excluding carboxylic acids is 1. The largest absolute Gasteiger partial charge is 0.378 e. The molecule has 2 aromatic carbocycles. The van der Waals surface area contributed by atoms with Crippen LogP contribution in [0.25, 0.3) is 11.3 Å². The Hall–Kier alpha value is -4.69. The van der Waals surface area contributed by atoms with Crippen LogP contribution in [0, 0.1) is 5.82 Å².